The molecule has 4 rings (SSSR count). The summed E-state index contributed by atoms with van der Waals surface area (Å²) < 4.78 is 69.6. The van der Waals surface area contributed by atoms with E-state index in [1.54, 1.807) is 0 Å². The molecule has 1 aromatic heterocycles. The summed E-state index contributed by atoms with van der Waals surface area (Å²) in [7, 11) is 2.01. The van der Waals surface area contributed by atoms with Crippen molar-refractivity contribution in [2.75, 3.05) is 46.4 Å². The number of carboxylic acids is 2. The van der Waals surface area contributed by atoms with Crippen LogP contribution >= 0.6 is 0 Å². The number of ether oxygens (including phenoxy) is 1. The molecule has 1 aromatic rings. The standard InChI is InChI=1S/C18H26N4O3.2C2HF3O2/c1-20-12-18(13-21(14-18)10-15-6-2-3-7-19-15)24-11-16(20)17(23)22-8-4-5-9-25-22;2*3-2(4,5)1(6)7/h2-3,6-7,16H,4-5,8-14H2,1H3;2*(H,6,7). The molecule has 0 bridgehead atoms. The van der Waals surface area contributed by atoms with Crippen molar-refractivity contribution in [3.8, 4) is 0 Å². The summed E-state index contributed by atoms with van der Waals surface area (Å²) in [4.78, 5) is 44.8. The molecule has 1 amide bonds. The normalized spacial score (nSPS) is 21.5. The minimum atomic E-state index is -5.08. The molecule has 3 saturated heterocycles. The van der Waals surface area contributed by atoms with Gasteiger partial charge in [0.25, 0.3) is 5.91 Å². The monoisotopic (exact) mass is 574 g/mol. The summed E-state index contributed by atoms with van der Waals surface area (Å²) in [5.74, 6) is -5.48. The average molecular weight is 574 g/mol. The van der Waals surface area contributed by atoms with Crippen molar-refractivity contribution in [1.82, 2.24) is 19.8 Å². The van der Waals surface area contributed by atoms with Crippen LogP contribution < -0.4 is 0 Å². The van der Waals surface area contributed by atoms with Crippen LogP contribution in [-0.2, 0) is 30.5 Å². The summed E-state index contributed by atoms with van der Waals surface area (Å²) in [6.45, 7) is 5.15. The number of amides is 1. The molecule has 3 aliphatic heterocycles. The predicted molar refractivity (Wildman–Crippen MR) is 119 cm³/mol. The number of carbonyl (C=O) groups excluding carboxylic acids is 1. The first-order valence-corrected chi connectivity index (χ1v) is 11.5. The van der Waals surface area contributed by atoms with Gasteiger partial charge in [0, 0.05) is 38.9 Å². The van der Waals surface area contributed by atoms with Crippen molar-refractivity contribution in [2.45, 2.75) is 43.4 Å². The number of alkyl halides is 6. The first-order chi connectivity index (χ1) is 18.0. The van der Waals surface area contributed by atoms with E-state index < -0.39 is 24.3 Å². The maximum absolute atomic E-state index is 12.6. The second kappa shape index (κ2) is 13.4. The fraction of sp³-hybridized carbons (Fsp3) is 0.636. The Balaban J connectivity index is 0.000000317. The van der Waals surface area contributed by atoms with Gasteiger partial charge in [-0.3, -0.25) is 24.4 Å². The molecule has 220 valence electrons. The molecule has 17 heteroatoms. The number of halogens is 6. The van der Waals surface area contributed by atoms with Gasteiger partial charge in [-0.25, -0.2) is 14.7 Å². The molecule has 1 unspecified atom stereocenters. The molecule has 3 aliphatic rings. The third kappa shape index (κ3) is 9.90. The molecule has 39 heavy (non-hydrogen) atoms. The van der Waals surface area contributed by atoms with Gasteiger partial charge in [-0.15, -0.1) is 0 Å². The van der Waals surface area contributed by atoms with Gasteiger partial charge >= 0.3 is 24.3 Å². The van der Waals surface area contributed by atoms with Crippen molar-refractivity contribution in [3.05, 3.63) is 30.1 Å². The highest BCUT2D eigenvalue weighted by Gasteiger charge is 2.50. The van der Waals surface area contributed by atoms with Gasteiger partial charge in [-0.05, 0) is 32.0 Å². The van der Waals surface area contributed by atoms with Crippen LogP contribution in [0.5, 0.6) is 0 Å². The van der Waals surface area contributed by atoms with Gasteiger partial charge in [-0.1, -0.05) is 6.07 Å². The molecule has 4 heterocycles. The molecule has 0 radical (unpaired) electrons. The van der Waals surface area contributed by atoms with E-state index in [9.17, 15) is 31.1 Å². The molecule has 3 fully saturated rings. The van der Waals surface area contributed by atoms with Crippen LogP contribution in [0.1, 0.15) is 18.5 Å². The van der Waals surface area contributed by atoms with E-state index in [0.717, 1.165) is 44.7 Å². The van der Waals surface area contributed by atoms with Gasteiger partial charge < -0.3 is 14.9 Å². The number of aromatic nitrogens is 1. The minimum Gasteiger partial charge on any atom is -0.475 e. The number of hydroxylamine groups is 2. The number of hydrogen-bond acceptors (Lipinski definition) is 8. The van der Waals surface area contributed by atoms with Gasteiger partial charge in [0.15, 0.2) is 0 Å². The lowest BCUT2D eigenvalue weighted by Gasteiger charge is -2.55. The Bertz CT molecular complexity index is 944. The highest BCUT2D eigenvalue weighted by molar-refractivity contribution is 5.81. The summed E-state index contributed by atoms with van der Waals surface area (Å²) in [6.07, 6.45) is -6.31. The van der Waals surface area contributed by atoms with Crippen LogP contribution in [0.15, 0.2) is 24.4 Å². The zero-order valence-corrected chi connectivity index (χ0v) is 20.7. The van der Waals surface area contributed by atoms with Crippen LogP contribution in [-0.4, -0.2) is 118 Å². The number of rotatable bonds is 3. The third-order valence-electron chi connectivity index (χ3n) is 5.77. The van der Waals surface area contributed by atoms with Crippen molar-refractivity contribution in [1.29, 1.82) is 0 Å². The molecular weight excluding hydrogens is 546 g/mol. The fourth-order valence-corrected chi connectivity index (χ4v) is 3.98. The summed E-state index contributed by atoms with van der Waals surface area (Å²) in [5.41, 5.74) is 0.931. The van der Waals surface area contributed by atoms with Crippen molar-refractivity contribution < 1.29 is 60.5 Å². The maximum Gasteiger partial charge on any atom is 0.490 e. The van der Waals surface area contributed by atoms with E-state index in [1.165, 1.54) is 5.06 Å². The zero-order valence-electron chi connectivity index (χ0n) is 20.7. The Morgan fingerprint density at radius 1 is 1.03 bits per heavy atom. The van der Waals surface area contributed by atoms with Gasteiger partial charge in [-0.2, -0.15) is 26.3 Å². The van der Waals surface area contributed by atoms with Crippen LogP contribution in [0, 0.1) is 0 Å². The van der Waals surface area contributed by atoms with Crippen LogP contribution in [0.3, 0.4) is 0 Å². The molecule has 0 aliphatic carbocycles. The Morgan fingerprint density at radius 3 is 2.05 bits per heavy atom. The lowest BCUT2D eigenvalue weighted by molar-refractivity contribution is -0.224. The summed E-state index contributed by atoms with van der Waals surface area (Å²) >= 11 is 0. The van der Waals surface area contributed by atoms with Crippen molar-refractivity contribution >= 4 is 17.8 Å². The number of carboxylic acid groups (broad SMARTS) is 2. The topological polar surface area (TPSA) is 133 Å². The van der Waals surface area contributed by atoms with E-state index in [2.05, 4.69) is 14.8 Å². The average Bonchev–Trinajstić information content (AvgIpc) is 2.83. The SMILES string of the molecule is CN1CC2(CN(Cc3ccccn3)C2)OCC1C(=O)N1CCCCO1.O=C(O)C(F)(F)F.O=C(O)C(F)(F)F. The van der Waals surface area contributed by atoms with E-state index >= 15 is 0 Å². The first-order valence-electron chi connectivity index (χ1n) is 11.5. The molecule has 1 spiro atoms. The molecule has 0 saturated carbocycles. The molecule has 1 atom stereocenters. The number of aliphatic carboxylic acids is 2. The Labute approximate surface area is 218 Å². The van der Waals surface area contributed by atoms with Gasteiger partial charge in [0.05, 0.1) is 18.9 Å². The minimum absolute atomic E-state index is 0.0294. The fourth-order valence-electron chi connectivity index (χ4n) is 3.98. The number of carbonyl (C=O) groups is 3. The lowest BCUT2D eigenvalue weighted by atomic mass is 9.90. The van der Waals surface area contributed by atoms with Crippen molar-refractivity contribution in [3.63, 3.8) is 0 Å². The highest BCUT2D eigenvalue weighted by atomic mass is 19.4. The number of hydrogen-bond donors (Lipinski definition) is 2. The van der Waals surface area contributed by atoms with Gasteiger partial charge in [0.1, 0.15) is 11.6 Å². The Kier molecular flexibility index (Phi) is 11.0. The van der Waals surface area contributed by atoms with Crippen LogP contribution in [0.25, 0.3) is 0 Å². The molecule has 0 aromatic carbocycles. The number of likely N-dealkylation sites (tertiary alicyclic amines) is 1. The Morgan fingerprint density at radius 2 is 1.62 bits per heavy atom. The van der Waals surface area contributed by atoms with E-state index in [-0.39, 0.29) is 17.6 Å². The zero-order chi connectivity index (χ0) is 29.4. The van der Waals surface area contributed by atoms with Crippen LogP contribution in [0.4, 0.5) is 26.3 Å². The number of likely N-dealkylation sites (N-methyl/N-ethyl adjacent to an activating group) is 1. The predicted octanol–water partition coefficient (Wildman–Crippen LogP) is 1.79. The quantitative estimate of drug-likeness (QED) is 0.515. The molecule has 11 nitrogen and oxygen atoms in total. The van der Waals surface area contributed by atoms with E-state index in [0.29, 0.717) is 19.8 Å². The molecular formula is C22H28F6N4O7. The maximum atomic E-state index is 12.6. The van der Waals surface area contributed by atoms with Crippen molar-refractivity contribution in [2.24, 2.45) is 0 Å². The largest absolute Gasteiger partial charge is 0.490 e. The second-order valence-electron chi connectivity index (χ2n) is 8.98. The first kappa shape index (κ1) is 32.2. The molecule has 2 N–H and O–H groups in total. The van der Waals surface area contributed by atoms with E-state index in [1.807, 2.05) is 31.4 Å². The summed E-state index contributed by atoms with van der Waals surface area (Å²) in [6, 6.07) is 5.76. The lowest BCUT2D eigenvalue weighted by Crippen LogP contribution is -2.72. The Hall–Kier alpha value is -3.02. The summed E-state index contributed by atoms with van der Waals surface area (Å²) in [5, 5.41) is 15.8. The highest BCUT2D eigenvalue weighted by Crippen LogP contribution is 2.32. The van der Waals surface area contributed by atoms with Gasteiger partial charge in [0.2, 0.25) is 0 Å². The number of nitrogens with zero attached hydrogens (tertiary/aromatic N) is 4. The van der Waals surface area contributed by atoms with E-state index in [4.69, 9.17) is 29.4 Å². The number of pyridine rings is 1. The number of morpholine rings is 1. The third-order valence-corrected chi connectivity index (χ3v) is 5.77. The van der Waals surface area contributed by atoms with Crippen LogP contribution in [0.2, 0.25) is 0 Å². The smallest absolute Gasteiger partial charge is 0.475 e. The second-order valence-corrected chi connectivity index (χ2v) is 8.98.